The Hall–Kier alpha value is -1.80. The maximum Gasteiger partial charge on any atom is 0.119 e. The fraction of sp³-hybridized carbons (Fsp3) is 0.368. The first-order chi connectivity index (χ1) is 10.3. The number of hydrogen-bond donors (Lipinski definition) is 1. The summed E-state index contributed by atoms with van der Waals surface area (Å²) in [5.41, 5.74) is 4.25. The summed E-state index contributed by atoms with van der Waals surface area (Å²) < 4.78 is 5.32. The van der Waals surface area contributed by atoms with E-state index in [2.05, 4.69) is 54.7 Å². The van der Waals surface area contributed by atoms with Crippen LogP contribution >= 0.6 is 0 Å². The number of aryl methyl sites for hydroxylation is 1. The normalized spacial score (nSPS) is 18.9. The van der Waals surface area contributed by atoms with Crippen LogP contribution in [0.4, 0.5) is 0 Å². The summed E-state index contributed by atoms with van der Waals surface area (Å²) in [6.07, 6.45) is 3.69. The van der Waals surface area contributed by atoms with E-state index in [4.69, 9.17) is 4.74 Å². The van der Waals surface area contributed by atoms with Crippen LogP contribution in [0.25, 0.3) is 0 Å². The highest BCUT2D eigenvalue weighted by atomic mass is 16.5. The average molecular weight is 281 g/mol. The molecule has 0 heterocycles. The second-order valence-corrected chi connectivity index (χ2v) is 5.81. The van der Waals surface area contributed by atoms with E-state index in [0.717, 1.165) is 5.75 Å². The molecular formula is C19H23NO. The SMILES string of the molecule is COc1cccc([C@H](C)NC2CCCc3ccccc32)c1. The van der Waals surface area contributed by atoms with Gasteiger partial charge < -0.3 is 10.1 Å². The van der Waals surface area contributed by atoms with Gasteiger partial charge >= 0.3 is 0 Å². The highest BCUT2D eigenvalue weighted by Crippen LogP contribution is 2.32. The molecule has 0 spiro atoms. The Morgan fingerprint density at radius 3 is 2.86 bits per heavy atom. The van der Waals surface area contributed by atoms with Crippen LogP contribution in [-0.4, -0.2) is 7.11 Å². The zero-order chi connectivity index (χ0) is 14.7. The van der Waals surface area contributed by atoms with Crippen molar-refractivity contribution in [2.75, 3.05) is 7.11 Å². The molecule has 0 amide bonds. The van der Waals surface area contributed by atoms with E-state index < -0.39 is 0 Å². The zero-order valence-corrected chi connectivity index (χ0v) is 12.8. The van der Waals surface area contributed by atoms with Gasteiger partial charge in [0.25, 0.3) is 0 Å². The topological polar surface area (TPSA) is 21.3 Å². The summed E-state index contributed by atoms with van der Waals surface area (Å²) in [5, 5.41) is 3.79. The van der Waals surface area contributed by atoms with Gasteiger partial charge in [-0.15, -0.1) is 0 Å². The van der Waals surface area contributed by atoms with E-state index in [-0.39, 0.29) is 0 Å². The number of methoxy groups -OCH3 is 1. The second-order valence-electron chi connectivity index (χ2n) is 5.81. The third-order valence-corrected chi connectivity index (χ3v) is 4.41. The minimum Gasteiger partial charge on any atom is -0.497 e. The third-order valence-electron chi connectivity index (χ3n) is 4.41. The summed E-state index contributed by atoms with van der Waals surface area (Å²) in [4.78, 5) is 0. The molecule has 1 N–H and O–H groups in total. The Kier molecular flexibility index (Phi) is 4.26. The Balaban J connectivity index is 1.77. The molecule has 2 atom stereocenters. The fourth-order valence-electron chi connectivity index (χ4n) is 3.24. The maximum absolute atomic E-state index is 5.32. The Bertz CT molecular complexity index is 608. The third kappa shape index (κ3) is 3.11. The molecule has 1 unspecified atom stereocenters. The fourth-order valence-corrected chi connectivity index (χ4v) is 3.24. The molecular weight excluding hydrogens is 258 g/mol. The van der Waals surface area contributed by atoms with Crippen LogP contribution in [0.2, 0.25) is 0 Å². The van der Waals surface area contributed by atoms with Crippen LogP contribution < -0.4 is 10.1 Å². The van der Waals surface area contributed by atoms with Gasteiger partial charge in [-0.2, -0.15) is 0 Å². The number of benzene rings is 2. The summed E-state index contributed by atoms with van der Waals surface area (Å²) >= 11 is 0. The van der Waals surface area contributed by atoms with E-state index in [1.54, 1.807) is 7.11 Å². The van der Waals surface area contributed by atoms with Gasteiger partial charge in [0.1, 0.15) is 5.75 Å². The minimum absolute atomic E-state index is 0.316. The minimum atomic E-state index is 0.316. The van der Waals surface area contributed by atoms with Gasteiger partial charge in [0, 0.05) is 12.1 Å². The van der Waals surface area contributed by atoms with Crippen LogP contribution in [0.5, 0.6) is 5.75 Å². The molecule has 2 aromatic carbocycles. The largest absolute Gasteiger partial charge is 0.497 e. The van der Waals surface area contributed by atoms with Crippen molar-refractivity contribution in [3.05, 3.63) is 65.2 Å². The van der Waals surface area contributed by atoms with Crippen molar-refractivity contribution >= 4 is 0 Å². The molecule has 110 valence electrons. The van der Waals surface area contributed by atoms with E-state index in [0.29, 0.717) is 12.1 Å². The van der Waals surface area contributed by atoms with Gasteiger partial charge in [-0.25, -0.2) is 0 Å². The van der Waals surface area contributed by atoms with E-state index >= 15 is 0 Å². The van der Waals surface area contributed by atoms with Gasteiger partial charge in [0.2, 0.25) is 0 Å². The molecule has 0 saturated heterocycles. The van der Waals surface area contributed by atoms with Crippen LogP contribution in [0.15, 0.2) is 48.5 Å². The highest BCUT2D eigenvalue weighted by molar-refractivity contribution is 5.34. The number of nitrogens with one attached hydrogen (secondary N) is 1. The predicted molar refractivity (Wildman–Crippen MR) is 86.7 cm³/mol. The van der Waals surface area contributed by atoms with Crippen LogP contribution in [0, 0.1) is 0 Å². The molecule has 0 fully saturated rings. The standard InChI is InChI=1S/C19H23NO/c1-14(16-9-5-10-17(13-16)21-2)20-19-12-6-8-15-7-3-4-11-18(15)19/h3-5,7,9-11,13-14,19-20H,6,8,12H2,1-2H3/t14-,19?/m0/s1. The quantitative estimate of drug-likeness (QED) is 0.895. The van der Waals surface area contributed by atoms with Crippen molar-refractivity contribution in [1.29, 1.82) is 0 Å². The van der Waals surface area contributed by atoms with Gasteiger partial charge in [0.05, 0.1) is 7.11 Å². The van der Waals surface area contributed by atoms with Crippen molar-refractivity contribution in [3.63, 3.8) is 0 Å². The average Bonchev–Trinajstić information content (AvgIpc) is 2.55. The lowest BCUT2D eigenvalue weighted by molar-refractivity contribution is 0.404. The van der Waals surface area contributed by atoms with E-state index in [9.17, 15) is 0 Å². The first kappa shape index (κ1) is 14.2. The molecule has 0 saturated carbocycles. The number of fused-ring (bicyclic) bond motifs is 1. The molecule has 2 heteroatoms. The molecule has 0 aliphatic heterocycles. The zero-order valence-electron chi connectivity index (χ0n) is 12.8. The number of ether oxygens (including phenoxy) is 1. The number of hydrogen-bond acceptors (Lipinski definition) is 2. The van der Waals surface area contributed by atoms with Crippen molar-refractivity contribution in [2.24, 2.45) is 0 Å². The monoisotopic (exact) mass is 281 g/mol. The summed E-state index contributed by atoms with van der Waals surface area (Å²) in [6.45, 7) is 2.23. The lowest BCUT2D eigenvalue weighted by Crippen LogP contribution is -2.27. The number of rotatable bonds is 4. The maximum atomic E-state index is 5.32. The molecule has 21 heavy (non-hydrogen) atoms. The summed E-state index contributed by atoms with van der Waals surface area (Å²) in [5.74, 6) is 0.921. The highest BCUT2D eigenvalue weighted by Gasteiger charge is 2.21. The van der Waals surface area contributed by atoms with Gasteiger partial charge in [0.15, 0.2) is 0 Å². The van der Waals surface area contributed by atoms with Crippen LogP contribution in [0.3, 0.4) is 0 Å². The van der Waals surface area contributed by atoms with Gasteiger partial charge in [-0.05, 0) is 55.0 Å². The smallest absolute Gasteiger partial charge is 0.119 e. The lowest BCUT2D eigenvalue weighted by Gasteiger charge is -2.29. The first-order valence-corrected chi connectivity index (χ1v) is 7.75. The summed E-state index contributed by atoms with van der Waals surface area (Å²) in [6, 6.07) is 17.9. The molecule has 1 aliphatic carbocycles. The van der Waals surface area contributed by atoms with E-state index in [1.165, 1.54) is 36.0 Å². The summed E-state index contributed by atoms with van der Waals surface area (Å²) in [7, 11) is 1.72. The van der Waals surface area contributed by atoms with E-state index in [1.807, 2.05) is 6.07 Å². The Morgan fingerprint density at radius 2 is 2.00 bits per heavy atom. The van der Waals surface area contributed by atoms with Gasteiger partial charge in [-0.1, -0.05) is 36.4 Å². The molecule has 0 aromatic heterocycles. The molecule has 2 aromatic rings. The van der Waals surface area contributed by atoms with Gasteiger partial charge in [-0.3, -0.25) is 0 Å². The Labute approximate surface area is 127 Å². The molecule has 2 nitrogen and oxygen atoms in total. The van der Waals surface area contributed by atoms with Crippen LogP contribution in [0.1, 0.15) is 48.5 Å². The van der Waals surface area contributed by atoms with Crippen LogP contribution in [-0.2, 0) is 6.42 Å². The lowest BCUT2D eigenvalue weighted by atomic mass is 9.87. The van der Waals surface area contributed by atoms with Crippen molar-refractivity contribution in [1.82, 2.24) is 5.32 Å². The predicted octanol–water partition coefficient (Wildman–Crippen LogP) is 4.42. The molecule has 0 bridgehead atoms. The van der Waals surface area contributed by atoms with Crippen molar-refractivity contribution in [2.45, 2.75) is 38.3 Å². The molecule has 3 rings (SSSR count). The van der Waals surface area contributed by atoms with Crippen molar-refractivity contribution < 1.29 is 4.74 Å². The second kappa shape index (κ2) is 6.31. The first-order valence-electron chi connectivity index (χ1n) is 7.75. The molecule has 1 aliphatic rings. The Morgan fingerprint density at radius 1 is 1.14 bits per heavy atom. The molecule has 0 radical (unpaired) electrons. The van der Waals surface area contributed by atoms with Crippen molar-refractivity contribution in [3.8, 4) is 5.75 Å².